The Morgan fingerprint density at radius 2 is 2.09 bits per heavy atom. The van der Waals surface area contributed by atoms with Crippen LogP contribution in [0.3, 0.4) is 0 Å². The van der Waals surface area contributed by atoms with Crippen molar-refractivity contribution in [1.29, 1.82) is 0 Å². The molecule has 0 aliphatic rings. The Labute approximate surface area is 71.6 Å². The van der Waals surface area contributed by atoms with Crippen LogP contribution in [-0.4, -0.2) is 19.0 Å². The van der Waals surface area contributed by atoms with Gasteiger partial charge in [-0.05, 0) is 24.4 Å². The predicted molar refractivity (Wildman–Crippen MR) is 42.3 cm³/mol. The van der Waals surface area contributed by atoms with Gasteiger partial charge in [-0.2, -0.15) is 0 Å². The Balaban J connectivity index is 2.85. The van der Waals surface area contributed by atoms with Gasteiger partial charge in [-0.1, -0.05) is 6.42 Å². The van der Waals surface area contributed by atoms with Crippen LogP contribution in [-0.2, 0) is 14.6 Å². The van der Waals surface area contributed by atoms with Crippen molar-refractivity contribution in [2.75, 3.05) is 13.7 Å². The van der Waals surface area contributed by atoms with Gasteiger partial charge in [-0.3, -0.25) is 4.79 Å². The lowest BCUT2D eigenvalue weighted by molar-refractivity contribution is -0.272. The second-order valence-electron chi connectivity index (χ2n) is 2.15. The largest absolute Gasteiger partial charge is 0.281 e. The van der Waals surface area contributed by atoms with Crippen molar-refractivity contribution >= 4 is 16.8 Å². The number of carbonyl (C=O) groups is 1. The maximum absolute atomic E-state index is 10.2. The fraction of sp³-hybridized carbons (Fsp3) is 0.857. The van der Waals surface area contributed by atoms with Gasteiger partial charge < -0.3 is 0 Å². The third-order valence-electron chi connectivity index (χ3n) is 1.22. The van der Waals surface area contributed by atoms with Crippen LogP contribution in [0.1, 0.15) is 25.7 Å². The van der Waals surface area contributed by atoms with E-state index >= 15 is 0 Å². The standard InChI is InChI=1S/C7H13ClO3/c1-10-11-6-4-2-3-5-7(8)9/h2-6H2,1H3. The second kappa shape index (κ2) is 7.98. The monoisotopic (exact) mass is 180 g/mol. The first-order chi connectivity index (χ1) is 5.27. The molecule has 0 radical (unpaired) electrons. The summed E-state index contributed by atoms with van der Waals surface area (Å²) in [7, 11) is 1.47. The van der Waals surface area contributed by atoms with Crippen LogP contribution in [0.4, 0.5) is 0 Å². The van der Waals surface area contributed by atoms with Crippen LogP contribution in [0.2, 0.25) is 0 Å². The molecule has 0 heterocycles. The molecule has 66 valence electrons. The van der Waals surface area contributed by atoms with Crippen molar-refractivity contribution in [3.05, 3.63) is 0 Å². The molecule has 0 fully saturated rings. The van der Waals surface area contributed by atoms with Crippen molar-refractivity contribution in [2.24, 2.45) is 0 Å². The van der Waals surface area contributed by atoms with Gasteiger partial charge in [0.05, 0.1) is 13.7 Å². The summed E-state index contributed by atoms with van der Waals surface area (Å²) >= 11 is 5.12. The van der Waals surface area contributed by atoms with E-state index in [4.69, 9.17) is 11.6 Å². The highest BCUT2D eigenvalue weighted by atomic mass is 35.5. The average molecular weight is 181 g/mol. The third-order valence-corrected chi connectivity index (χ3v) is 1.41. The highest BCUT2D eigenvalue weighted by Gasteiger charge is 1.95. The molecule has 0 aliphatic heterocycles. The molecule has 0 spiro atoms. The molecule has 0 N–H and O–H groups in total. The van der Waals surface area contributed by atoms with Gasteiger partial charge in [0.15, 0.2) is 0 Å². The van der Waals surface area contributed by atoms with Gasteiger partial charge in [-0.15, -0.1) is 0 Å². The number of halogens is 1. The van der Waals surface area contributed by atoms with E-state index < -0.39 is 0 Å². The van der Waals surface area contributed by atoms with Gasteiger partial charge in [0.25, 0.3) is 0 Å². The topological polar surface area (TPSA) is 35.5 Å². The minimum atomic E-state index is -0.266. The number of hydrogen-bond acceptors (Lipinski definition) is 3. The summed E-state index contributed by atoms with van der Waals surface area (Å²) in [6, 6.07) is 0. The van der Waals surface area contributed by atoms with Crippen LogP contribution >= 0.6 is 11.6 Å². The molecule has 11 heavy (non-hydrogen) atoms. The number of rotatable bonds is 7. The quantitative estimate of drug-likeness (QED) is 0.260. The van der Waals surface area contributed by atoms with Crippen LogP contribution in [0.15, 0.2) is 0 Å². The van der Waals surface area contributed by atoms with Crippen molar-refractivity contribution in [3.8, 4) is 0 Å². The highest BCUT2D eigenvalue weighted by molar-refractivity contribution is 6.63. The molecule has 0 aromatic carbocycles. The van der Waals surface area contributed by atoms with E-state index in [2.05, 4.69) is 9.78 Å². The van der Waals surface area contributed by atoms with Gasteiger partial charge >= 0.3 is 0 Å². The molecule has 0 saturated heterocycles. The average Bonchev–Trinajstić information content (AvgIpc) is 1.96. The lowest BCUT2D eigenvalue weighted by Crippen LogP contribution is -1.93. The molecule has 0 aliphatic carbocycles. The van der Waals surface area contributed by atoms with Crippen LogP contribution < -0.4 is 0 Å². The summed E-state index contributed by atoms with van der Waals surface area (Å²) in [4.78, 5) is 19.2. The molecular weight excluding hydrogens is 168 g/mol. The Morgan fingerprint density at radius 1 is 1.36 bits per heavy atom. The second-order valence-corrected chi connectivity index (χ2v) is 2.58. The molecule has 3 nitrogen and oxygen atoms in total. The lowest BCUT2D eigenvalue weighted by atomic mass is 10.2. The summed E-state index contributed by atoms with van der Waals surface area (Å²) in [5.41, 5.74) is 0. The summed E-state index contributed by atoms with van der Waals surface area (Å²) in [6.45, 7) is 0.576. The van der Waals surface area contributed by atoms with Crippen LogP contribution in [0.25, 0.3) is 0 Å². The Kier molecular flexibility index (Phi) is 7.89. The van der Waals surface area contributed by atoms with E-state index in [1.807, 2.05) is 0 Å². The summed E-state index contributed by atoms with van der Waals surface area (Å²) < 4.78 is 0. The molecule has 0 aromatic heterocycles. The normalized spacial score (nSPS) is 10.0. The molecule has 0 bridgehead atoms. The third kappa shape index (κ3) is 9.88. The first kappa shape index (κ1) is 10.9. The fourth-order valence-electron chi connectivity index (χ4n) is 0.685. The number of carbonyl (C=O) groups excluding carboxylic acids is 1. The van der Waals surface area contributed by atoms with E-state index in [1.165, 1.54) is 7.11 Å². The van der Waals surface area contributed by atoms with Crippen molar-refractivity contribution in [2.45, 2.75) is 25.7 Å². The zero-order chi connectivity index (χ0) is 8.53. The summed E-state index contributed by atoms with van der Waals surface area (Å²) in [6.07, 6.45) is 3.13. The van der Waals surface area contributed by atoms with Crippen molar-refractivity contribution < 1.29 is 14.6 Å². The SMILES string of the molecule is COOCCCCCC(=O)Cl. The van der Waals surface area contributed by atoms with Crippen LogP contribution in [0.5, 0.6) is 0 Å². The van der Waals surface area contributed by atoms with Gasteiger partial charge in [0.2, 0.25) is 5.24 Å². The van der Waals surface area contributed by atoms with Gasteiger partial charge in [0.1, 0.15) is 0 Å². The molecular formula is C7H13ClO3. The van der Waals surface area contributed by atoms with Crippen LogP contribution in [0, 0.1) is 0 Å². The zero-order valence-electron chi connectivity index (χ0n) is 6.64. The molecule has 0 aromatic rings. The summed E-state index contributed by atoms with van der Waals surface area (Å²) in [5, 5.41) is -0.266. The van der Waals surface area contributed by atoms with E-state index in [-0.39, 0.29) is 5.24 Å². The number of unbranched alkanes of at least 4 members (excludes halogenated alkanes) is 2. The molecule has 0 saturated carbocycles. The lowest BCUT2D eigenvalue weighted by Gasteiger charge is -1.98. The summed E-state index contributed by atoms with van der Waals surface area (Å²) in [5.74, 6) is 0. The van der Waals surface area contributed by atoms with E-state index in [1.54, 1.807) is 0 Å². The molecule has 0 atom stereocenters. The molecule has 0 rings (SSSR count). The predicted octanol–water partition coefficient (Wildman–Crippen LogP) is 1.89. The molecule has 0 unspecified atom stereocenters. The highest BCUT2D eigenvalue weighted by Crippen LogP contribution is 2.02. The Morgan fingerprint density at radius 3 is 2.64 bits per heavy atom. The van der Waals surface area contributed by atoms with E-state index in [0.717, 1.165) is 19.3 Å². The first-order valence-electron chi connectivity index (χ1n) is 3.61. The number of hydrogen-bond donors (Lipinski definition) is 0. The molecule has 4 heteroatoms. The van der Waals surface area contributed by atoms with Crippen molar-refractivity contribution in [3.63, 3.8) is 0 Å². The maximum atomic E-state index is 10.2. The van der Waals surface area contributed by atoms with Gasteiger partial charge in [-0.25, -0.2) is 9.78 Å². The van der Waals surface area contributed by atoms with Gasteiger partial charge in [0, 0.05) is 6.42 Å². The fourth-order valence-corrected chi connectivity index (χ4v) is 0.819. The van der Waals surface area contributed by atoms with E-state index in [0.29, 0.717) is 13.0 Å². The zero-order valence-corrected chi connectivity index (χ0v) is 7.39. The minimum Gasteiger partial charge on any atom is -0.281 e. The minimum absolute atomic E-state index is 0.266. The molecule has 0 amide bonds. The maximum Gasteiger partial charge on any atom is 0.221 e. The Bertz CT molecular complexity index is 106. The van der Waals surface area contributed by atoms with Crippen molar-refractivity contribution in [1.82, 2.24) is 0 Å². The first-order valence-corrected chi connectivity index (χ1v) is 3.99. The Hall–Kier alpha value is -0.120. The smallest absolute Gasteiger partial charge is 0.221 e. The van der Waals surface area contributed by atoms with E-state index in [9.17, 15) is 4.79 Å².